The number of piperidine rings is 1. The summed E-state index contributed by atoms with van der Waals surface area (Å²) in [7, 11) is 2.23. The van der Waals surface area contributed by atoms with Crippen LogP contribution in [0.5, 0.6) is 0 Å². The average Bonchev–Trinajstić information content (AvgIpc) is 2.68. The third-order valence-corrected chi connectivity index (χ3v) is 5.17. The minimum Gasteiger partial charge on any atom is -0.322 e. The summed E-state index contributed by atoms with van der Waals surface area (Å²) in [5, 5.41) is 3.04. The van der Waals surface area contributed by atoms with E-state index in [0.717, 1.165) is 24.1 Å². The number of carbonyl (C=O) groups is 1. The van der Waals surface area contributed by atoms with Gasteiger partial charge >= 0.3 is 0 Å². The molecular formula is C23H28N2O. The molecule has 0 radical (unpaired) electrons. The third kappa shape index (κ3) is 5.30. The Balaban J connectivity index is 1.59. The van der Waals surface area contributed by atoms with E-state index in [4.69, 9.17) is 0 Å². The van der Waals surface area contributed by atoms with Gasteiger partial charge in [-0.25, -0.2) is 0 Å². The average molecular weight is 348 g/mol. The third-order valence-electron chi connectivity index (χ3n) is 5.17. The number of carbonyl (C=O) groups excluding carboxylic acids is 1. The fourth-order valence-corrected chi connectivity index (χ4v) is 3.60. The normalized spacial score (nSPS) is 18.1. The molecule has 1 heterocycles. The number of nitrogens with zero attached hydrogens (tertiary/aromatic N) is 1. The molecule has 0 saturated carbocycles. The predicted octanol–water partition coefficient (Wildman–Crippen LogP) is 4.76. The largest absolute Gasteiger partial charge is 0.322 e. The van der Waals surface area contributed by atoms with Crippen molar-refractivity contribution in [3.05, 3.63) is 71.8 Å². The van der Waals surface area contributed by atoms with Gasteiger partial charge in [0, 0.05) is 17.8 Å². The Hall–Kier alpha value is -2.39. The summed E-state index contributed by atoms with van der Waals surface area (Å²) < 4.78 is 0. The molecular weight excluding hydrogens is 320 g/mol. The lowest BCUT2D eigenvalue weighted by atomic mass is 9.96. The van der Waals surface area contributed by atoms with Gasteiger partial charge < -0.3 is 10.2 Å². The molecule has 1 fully saturated rings. The first-order valence-electron chi connectivity index (χ1n) is 9.54. The topological polar surface area (TPSA) is 32.3 Å². The molecule has 1 amide bonds. The van der Waals surface area contributed by atoms with E-state index < -0.39 is 0 Å². The van der Waals surface area contributed by atoms with Gasteiger partial charge in [-0.2, -0.15) is 0 Å². The van der Waals surface area contributed by atoms with Gasteiger partial charge in [0.2, 0.25) is 5.91 Å². The molecule has 3 nitrogen and oxygen atoms in total. The van der Waals surface area contributed by atoms with Crippen molar-refractivity contribution in [2.75, 3.05) is 18.9 Å². The van der Waals surface area contributed by atoms with Gasteiger partial charge in [-0.3, -0.25) is 4.79 Å². The summed E-state index contributed by atoms with van der Waals surface area (Å²) in [6.07, 6.45) is 9.50. The van der Waals surface area contributed by atoms with Crippen LogP contribution in [0.25, 0.3) is 6.08 Å². The van der Waals surface area contributed by atoms with Crippen LogP contribution >= 0.6 is 0 Å². The maximum atomic E-state index is 12.3. The van der Waals surface area contributed by atoms with Crippen LogP contribution in [0.3, 0.4) is 0 Å². The smallest absolute Gasteiger partial charge is 0.248 e. The Labute approximate surface area is 156 Å². The van der Waals surface area contributed by atoms with Gasteiger partial charge in [0.15, 0.2) is 0 Å². The number of aryl methyl sites for hydroxylation is 1. The van der Waals surface area contributed by atoms with Crippen LogP contribution in [0, 0.1) is 0 Å². The molecule has 1 aliphatic heterocycles. The van der Waals surface area contributed by atoms with E-state index in [1.165, 1.54) is 31.4 Å². The van der Waals surface area contributed by atoms with Crippen molar-refractivity contribution in [3.8, 4) is 0 Å². The van der Waals surface area contributed by atoms with Gasteiger partial charge in [-0.05, 0) is 62.5 Å². The quantitative estimate of drug-likeness (QED) is 0.764. The lowest BCUT2D eigenvalue weighted by Crippen LogP contribution is -2.36. The van der Waals surface area contributed by atoms with E-state index in [-0.39, 0.29) is 5.91 Å². The maximum Gasteiger partial charge on any atom is 0.248 e. The number of hydrogen-bond donors (Lipinski definition) is 1. The number of para-hydroxylation sites is 1. The van der Waals surface area contributed by atoms with E-state index >= 15 is 0 Å². The fourth-order valence-electron chi connectivity index (χ4n) is 3.60. The van der Waals surface area contributed by atoms with Crippen molar-refractivity contribution in [2.24, 2.45) is 0 Å². The summed E-state index contributed by atoms with van der Waals surface area (Å²) in [4.78, 5) is 14.8. The predicted molar refractivity (Wildman–Crippen MR) is 109 cm³/mol. The number of anilines is 1. The summed E-state index contributed by atoms with van der Waals surface area (Å²) in [6.45, 7) is 1.20. The van der Waals surface area contributed by atoms with Gasteiger partial charge in [0.1, 0.15) is 0 Å². The lowest BCUT2D eigenvalue weighted by Gasteiger charge is -2.32. The maximum absolute atomic E-state index is 12.3. The van der Waals surface area contributed by atoms with E-state index in [1.54, 1.807) is 6.08 Å². The molecule has 1 saturated heterocycles. The number of amides is 1. The first-order valence-corrected chi connectivity index (χ1v) is 9.54. The standard InChI is InChI=1S/C23H28N2O/c1-25-18-8-7-12-21(25)16-15-20-11-5-6-13-22(20)24-23(26)17-14-19-9-3-2-4-10-19/h2-6,9-11,13-14,17,21H,7-8,12,15-16,18H2,1H3,(H,24,26)/b17-14+/t21-/m1/s1. The van der Waals surface area contributed by atoms with E-state index in [1.807, 2.05) is 48.5 Å². The van der Waals surface area contributed by atoms with Crippen molar-refractivity contribution >= 4 is 17.7 Å². The molecule has 1 N–H and O–H groups in total. The minimum atomic E-state index is -0.0870. The van der Waals surface area contributed by atoms with Crippen LogP contribution in [0.2, 0.25) is 0 Å². The second-order valence-electron chi connectivity index (χ2n) is 7.06. The summed E-state index contributed by atoms with van der Waals surface area (Å²) in [6, 6.07) is 18.7. The van der Waals surface area contributed by atoms with Crippen LogP contribution in [-0.2, 0) is 11.2 Å². The summed E-state index contributed by atoms with van der Waals surface area (Å²) in [5.41, 5.74) is 3.16. The second-order valence-corrected chi connectivity index (χ2v) is 7.06. The molecule has 0 spiro atoms. The minimum absolute atomic E-state index is 0.0870. The van der Waals surface area contributed by atoms with Crippen LogP contribution in [0.15, 0.2) is 60.7 Å². The molecule has 0 aliphatic carbocycles. The van der Waals surface area contributed by atoms with Crippen molar-refractivity contribution in [2.45, 2.75) is 38.1 Å². The molecule has 136 valence electrons. The van der Waals surface area contributed by atoms with Crippen molar-refractivity contribution in [1.29, 1.82) is 0 Å². The van der Waals surface area contributed by atoms with E-state index in [9.17, 15) is 4.79 Å². The van der Waals surface area contributed by atoms with E-state index in [0.29, 0.717) is 6.04 Å². The highest BCUT2D eigenvalue weighted by Crippen LogP contribution is 2.23. The van der Waals surface area contributed by atoms with Gasteiger partial charge in [-0.1, -0.05) is 55.0 Å². The molecule has 3 heteroatoms. The Morgan fingerprint density at radius 1 is 1.12 bits per heavy atom. The highest BCUT2D eigenvalue weighted by molar-refractivity contribution is 6.02. The van der Waals surface area contributed by atoms with Crippen LogP contribution in [0.1, 0.15) is 36.8 Å². The van der Waals surface area contributed by atoms with Gasteiger partial charge in [-0.15, -0.1) is 0 Å². The molecule has 0 unspecified atom stereocenters. The first-order chi connectivity index (χ1) is 12.7. The molecule has 2 aromatic carbocycles. The van der Waals surface area contributed by atoms with E-state index in [2.05, 4.69) is 29.4 Å². The van der Waals surface area contributed by atoms with Gasteiger partial charge in [0.25, 0.3) is 0 Å². The fraction of sp³-hybridized carbons (Fsp3) is 0.348. The van der Waals surface area contributed by atoms with Crippen LogP contribution < -0.4 is 5.32 Å². The zero-order chi connectivity index (χ0) is 18.2. The lowest BCUT2D eigenvalue weighted by molar-refractivity contribution is -0.111. The first kappa shape index (κ1) is 18.4. The Morgan fingerprint density at radius 2 is 1.88 bits per heavy atom. The Morgan fingerprint density at radius 3 is 2.69 bits per heavy atom. The zero-order valence-corrected chi connectivity index (χ0v) is 15.5. The number of rotatable bonds is 6. The summed E-state index contributed by atoms with van der Waals surface area (Å²) in [5.74, 6) is -0.0870. The molecule has 1 atom stereocenters. The SMILES string of the molecule is CN1CCCC[C@@H]1CCc1ccccc1NC(=O)/C=C/c1ccccc1. The van der Waals surface area contributed by atoms with Crippen molar-refractivity contribution in [3.63, 3.8) is 0 Å². The highest BCUT2D eigenvalue weighted by Gasteiger charge is 2.18. The van der Waals surface area contributed by atoms with Crippen molar-refractivity contribution < 1.29 is 4.79 Å². The van der Waals surface area contributed by atoms with Crippen LogP contribution in [-0.4, -0.2) is 30.4 Å². The number of hydrogen-bond acceptors (Lipinski definition) is 2. The molecule has 2 aromatic rings. The monoisotopic (exact) mass is 348 g/mol. The number of nitrogens with one attached hydrogen (secondary N) is 1. The number of likely N-dealkylation sites (tertiary alicyclic amines) is 1. The summed E-state index contributed by atoms with van der Waals surface area (Å²) >= 11 is 0. The molecule has 1 aliphatic rings. The Bertz CT molecular complexity index is 739. The van der Waals surface area contributed by atoms with Gasteiger partial charge in [0.05, 0.1) is 0 Å². The highest BCUT2D eigenvalue weighted by atomic mass is 16.1. The van der Waals surface area contributed by atoms with Crippen molar-refractivity contribution in [1.82, 2.24) is 4.90 Å². The Kier molecular flexibility index (Phi) is 6.62. The van der Waals surface area contributed by atoms with Crippen LogP contribution in [0.4, 0.5) is 5.69 Å². The zero-order valence-electron chi connectivity index (χ0n) is 15.5. The molecule has 26 heavy (non-hydrogen) atoms. The molecule has 3 rings (SSSR count). The second kappa shape index (κ2) is 9.35. The number of benzene rings is 2. The molecule has 0 bridgehead atoms. The molecule has 0 aromatic heterocycles.